The minimum absolute atomic E-state index is 0.932. The van der Waals surface area contributed by atoms with Crippen molar-refractivity contribution in [1.82, 2.24) is 10.3 Å². The number of nitrogens with zero attached hydrogens (tertiary/aromatic N) is 1. The van der Waals surface area contributed by atoms with Crippen LogP contribution >= 0.6 is 0 Å². The van der Waals surface area contributed by atoms with Gasteiger partial charge in [0.15, 0.2) is 0 Å². The van der Waals surface area contributed by atoms with Gasteiger partial charge in [0.25, 0.3) is 0 Å². The molecule has 2 rings (SSSR count). The predicted octanol–water partition coefficient (Wildman–Crippen LogP) is 3.56. The van der Waals surface area contributed by atoms with Crippen LogP contribution < -0.4 is 5.32 Å². The first-order valence-electron chi connectivity index (χ1n) is 6.52. The number of aryl methyl sites for hydroxylation is 1. The molecule has 0 saturated carbocycles. The van der Waals surface area contributed by atoms with Crippen molar-refractivity contribution < 1.29 is 0 Å². The molecule has 2 nitrogen and oxygen atoms in total. The van der Waals surface area contributed by atoms with Crippen LogP contribution in [0.5, 0.6) is 0 Å². The minimum atomic E-state index is 0.932. The van der Waals surface area contributed by atoms with E-state index < -0.39 is 0 Å². The Morgan fingerprint density at radius 2 is 2.00 bits per heavy atom. The molecule has 1 aromatic heterocycles. The lowest BCUT2D eigenvalue weighted by Gasteiger charge is -2.06. The van der Waals surface area contributed by atoms with E-state index in [9.17, 15) is 0 Å². The van der Waals surface area contributed by atoms with Gasteiger partial charge >= 0.3 is 0 Å². The molecule has 1 aromatic carbocycles. The highest BCUT2D eigenvalue weighted by Gasteiger charge is 1.99. The first-order chi connectivity index (χ1) is 8.79. The average molecular weight is 240 g/mol. The molecule has 0 fully saturated rings. The van der Waals surface area contributed by atoms with Crippen molar-refractivity contribution in [1.29, 1.82) is 0 Å². The molecule has 0 amide bonds. The van der Waals surface area contributed by atoms with Crippen LogP contribution in [0.1, 0.15) is 24.6 Å². The third-order valence-electron chi connectivity index (χ3n) is 2.93. The lowest BCUT2D eigenvalue weighted by molar-refractivity contribution is 0.675. The molecular weight excluding hydrogens is 220 g/mol. The third-order valence-corrected chi connectivity index (χ3v) is 2.93. The Balaban J connectivity index is 2.13. The van der Waals surface area contributed by atoms with Crippen LogP contribution in [0.4, 0.5) is 0 Å². The zero-order valence-corrected chi connectivity index (χ0v) is 11.1. The highest BCUT2D eigenvalue weighted by atomic mass is 14.8. The maximum Gasteiger partial charge on any atom is 0.0373 e. The summed E-state index contributed by atoms with van der Waals surface area (Å²) >= 11 is 0. The molecule has 2 aromatic rings. The van der Waals surface area contributed by atoms with Crippen molar-refractivity contribution in [2.45, 2.75) is 26.8 Å². The molecule has 0 saturated heterocycles. The van der Waals surface area contributed by atoms with Gasteiger partial charge in [0.2, 0.25) is 0 Å². The zero-order chi connectivity index (χ0) is 12.8. The van der Waals surface area contributed by atoms with E-state index in [1.54, 1.807) is 0 Å². The van der Waals surface area contributed by atoms with Gasteiger partial charge in [-0.2, -0.15) is 0 Å². The summed E-state index contributed by atoms with van der Waals surface area (Å²) in [6.45, 7) is 6.19. The van der Waals surface area contributed by atoms with Crippen molar-refractivity contribution in [2.75, 3.05) is 6.54 Å². The van der Waals surface area contributed by atoms with Crippen LogP contribution in [0.15, 0.2) is 42.6 Å². The summed E-state index contributed by atoms with van der Waals surface area (Å²) in [7, 11) is 0. The van der Waals surface area contributed by atoms with Gasteiger partial charge in [-0.15, -0.1) is 0 Å². The Bertz CT molecular complexity index is 489. The molecule has 1 N–H and O–H groups in total. The molecule has 18 heavy (non-hydrogen) atoms. The van der Waals surface area contributed by atoms with Crippen molar-refractivity contribution in [3.63, 3.8) is 0 Å². The van der Waals surface area contributed by atoms with Crippen LogP contribution in [0.3, 0.4) is 0 Å². The highest BCUT2D eigenvalue weighted by Crippen LogP contribution is 2.19. The number of pyridine rings is 1. The number of benzene rings is 1. The molecule has 0 atom stereocenters. The molecule has 94 valence electrons. The van der Waals surface area contributed by atoms with Crippen molar-refractivity contribution in [2.24, 2.45) is 0 Å². The van der Waals surface area contributed by atoms with E-state index in [2.05, 4.69) is 53.6 Å². The van der Waals surface area contributed by atoms with Crippen LogP contribution in [-0.2, 0) is 6.54 Å². The number of rotatable bonds is 5. The quantitative estimate of drug-likeness (QED) is 0.808. The molecular formula is C16H20N2. The Kier molecular flexibility index (Phi) is 4.48. The summed E-state index contributed by atoms with van der Waals surface area (Å²) < 4.78 is 0. The van der Waals surface area contributed by atoms with Gasteiger partial charge < -0.3 is 5.32 Å². The molecule has 0 unspecified atom stereocenters. The number of hydrogen-bond acceptors (Lipinski definition) is 2. The topological polar surface area (TPSA) is 24.9 Å². The maximum atomic E-state index is 4.34. The lowest BCUT2D eigenvalue weighted by atomic mass is 10.0. The van der Waals surface area contributed by atoms with Gasteiger partial charge in [-0.05, 0) is 43.1 Å². The van der Waals surface area contributed by atoms with Gasteiger partial charge in [0.1, 0.15) is 0 Å². The van der Waals surface area contributed by atoms with Crippen molar-refractivity contribution in [3.8, 4) is 11.1 Å². The molecule has 0 aliphatic carbocycles. The number of nitrogens with one attached hydrogen (secondary N) is 1. The van der Waals surface area contributed by atoms with E-state index in [0.717, 1.165) is 18.8 Å². The van der Waals surface area contributed by atoms with E-state index in [1.807, 2.05) is 13.1 Å². The van der Waals surface area contributed by atoms with Gasteiger partial charge in [0.05, 0.1) is 0 Å². The molecule has 1 heterocycles. The Morgan fingerprint density at radius 1 is 1.11 bits per heavy atom. The van der Waals surface area contributed by atoms with Crippen LogP contribution in [0, 0.1) is 6.92 Å². The van der Waals surface area contributed by atoms with Crippen molar-refractivity contribution >= 4 is 0 Å². The molecule has 0 spiro atoms. The predicted molar refractivity (Wildman–Crippen MR) is 76.4 cm³/mol. The van der Waals surface area contributed by atoms with Crippen molar-refractivity contribution in [3.05, 3.63) is 53.9 Å². The molecule has 0 aliphatic rings. The largest absolute Gasteiger partial charge is 0.313 e. The van der Waals surface area contributed by atoms with E-state index in [4.69, 9.17) is 0 Å². The SMILES string of the molecule is CCCNCc1cccc(-c2ccc(C)nc2)c1. The minimum Gasteiger partial charge on any atom is -0.313 e. The van der Waals surface area contributed by atoms with Gasteiger partial charge in [-0.25, -0.2) is 0 Å². The fraction of sp³-hybridized carbons (Fsp3) is 0.312. The summed E-state index contributed by atoms with van der Waals surface area (Å²) in [5.74, 6) is 0. The second kappa shape index (κ2) is 6.31. The zero-order valence-electron chi connectivity index (χ0n) is 11.1. The van der Waals surface area contributed by atoms with E-state index in [-0.39, 0.29) is 0 Å². The smallest absolute Gasteiger partial charge is 0.0373 e. The summed E-state index contributed by atoms with van der Waals surface area (Å²) in [5, 5.41) is 3.42. The van der Waals surface area contributed by atoms with Gasteiger partial charge in [-0.1, -0.05) is 31.2 Å². The molecule has 0 radical (unpaired) electrons. The average Bonchev–Trinajstić information content (AvgIpc) is 2.40. The summed E-state index contributed by atoms with van der Waals surface area (Å²) in [5.41, 5.74) is 4.79. The summed E-state index contributed by atoms with van der Waals surface area (Å²) in [4.78, 5) is 4.34. The highest BCUT2D eigenvalue weighted by molar-refractivity contribution is 5.63. The fourth-order valence-corrected chi connectivity index (χ4v) is 1.91. The van der Waals surface area contributed by atoms with Crippen LogP contribution in [0.2, 0.25) is 0 Å². The van der Waals surface area contributed by atoms with E-state index in [0.29, 0.717) is 0 Å². The Labute approximate surface area is 109 Å². The first-order valence-corrected chi connectivity index (χ1v) is 6.52. The standard InChI is InChI=1S/C16H20N2/c1-3-9-17-11-14-5-4-6-15(10-14)16-8-7-13(2)18-12-16/h4-8,10,12,17H,3,9,11H2,1-2H3. The Morgan fingerprint density at radius 3 is 2.72 bits per heavy atom. The van der Waals surface area contributed by atoms with Crippen LogP contribution in [-0.4, -0.2) is 11.5 Å². The second-order valence-corrected chi connectivity index (χ2v) is 4.57. The van der Waals surface area contributed by atoms with E-state index >= 15 is 0 Å². The van der Waals surface area contributed by atoms with E-state index in [1.165, 1.54) is 23.1 Å². The summed E-state index contributed by atoms with van der Waals surface area (Å²) in [6.07, 6.45) is 3.11. The lowest BCUT2D eigenvalue weighted by Crippen LogP contribution is -2.13. The first kappa shape index (κ1) is 12.8. The molecule has 0 bridgehead atoms. The Hall–Kier alpha value is -1.67. The fourth-order valence-electron chi connectivity index (χ4n) is 1.91. The summed E-state index contributed by atoms with van der Waals surface area (Å²) in [6, 6.07) is 12.8. The maximum absolute atomic E-state index is 4.34. The van der Waals surface area contributed by atoms with Crippen LogP contribution in [0.25, 0.3) is 11.1 Å². The third kappa shape index (κ3) is 3.41. The molecule has 2 heteroatoms. The monoisotopic (exact) mass is 240 g/mol. The number of hydrogen-bond donors (Lipinski definition) is 1. The van der Waals surface area contributed by atoms with Gasteiger partial charge in [-0.3, -0.25) is 4.98 Å². The number of aromatic nitrogens is 1. The second-order valence-electron chi connectivity index (χ2n) is 4.57. The normalized spacial score (nSPS) is 10.6. The van der Waals surface area contributed by atoms with Gasteiger partial charge in [0, 0.05) is 24.0 Å². The molecule has 0 aliphatic heterocycles.